The zero-order valence-electron chi connectivity index (χ0n) is 22.4. The molecule has 1 saturated carbocycles. The molecule has 0 amide bonds. The summed E-state index contributed by atoms with van der Waals surface area (Å²) in [7, 11) is -3.88. The Morgan fingerprint density at radius 1 is 1.05 bits per heavy atom. The standard InChI is InChI=1S/C32H32FN3O3S/c1-32-20-24-21-34-36(28-15-13-27(33)14-16-28)30(24)19-25(32)11-12-26(32)22-35(17-18-37)40(38,39)31-10-6-5-9-29(31)23-7-3-2-4-8-23/h2-10,13-16,19,21,26,37H,11-12,17-18,20,22H2,1H3/t26?,32-/m0/s1. The van der Waals surface area contributed by atoms with Crippen LogP contribution in [0.25, 0.3) is 22.9 Å². The summed E-state index contributed by atoms with van der Waals surface area (Å²) in [6.45, 7) is 2.32. The number of allylic oxidation sites excluding steroid dienone is 1. The number of fused-ring (bicyclic) bond motifs is 2. The van der Waals surface area contributed by atoms with Crippen LogP contribution in [0.4, 0.5) is 4.39 Å². The number of halogens is 1. The van der Waals surface area contributed by atoms with Crippen LogP contribution in [0, 0.1) is 17.2 Å². The molecule has 1 heterocycles. The molecule has 8 heteroatoms. The predicted molar refractivity (Wildman–Crippen MR) is 154 cm³/mol. The maximum absolute atomic E-state index is 14.1. The second kappa shape index (κ2) is 10.4. The number of sulfonamides is 1. The van der Waals surface area contributed by atoms with Crippen LogP contribution in [0.5, 0.6) is 0 Å². The van der Waals surface area contributed by atoms with E-state index in [1.54, 1.807) is 24.3 Å². The molecule has 1 fully saturated rings. The molecule has 1 aromatic heterocycles. The lowest BCUT2D eigenvalue weighted by Crippen LogP contribution is -2.42. The number of hydrogen-bond donors (Lipinski definition) is 1. The molecule has 3 aromatic carbocycles. The van der Waals surface area contributed by atoms with Crippen molar-refractivity contribution in [1.29, 1.82) is 0 Å². The van der Waals surface area contributed by atoms with Crippen LogP contribution in [0.3, 0.4) is 0 Å². The highest BCUT2D eigenvalue weighted by atomic mass is 32.2. The fourth-order valence-electron chi connectivity index (χ4n) is 6.37. The Morgan fingerprint density at radius 2 is 1.77 bits per heavy atom. The first kappa shape index (κ1) is 26.6. The third kappa shape index (κ3) is 4.60. The highest BCUT2D eigenvalue weighted by molar-refractivity contribution is 7.89. The Balaban J connectivity index is 1.31. The molecular formula is C32H32FN3O3S. The van der Waals surface area contributed by atoms with E-state index in [1.165, 1.54) is 22.0 Å². The van der Waals surface area contributed by atoms with Crippen molar-refractivity contribution in [3.63, 3.8) is 0 Å². The lowest BCUT2D eigenvalue weighted by atomic mass is 9.70. The minimum Gasteiger partial charge on any atom is -0.395 e. The molecule has 0 bridgehead atoms. The molecule has 0 radical (unpaired) electrons. The van der Waals surface area contributed by atoms with Gasteiger partial charge in [-0.05, 0) is 78.1 Å². The van der Waals surface area contributed by atoms with Gasteiger partial charge in [0, 0.05) is 18.7 Å². The smallest absolute Gasteiger partial charge is 0.243 e. The average Bonchev–Trinajstić information content (AvgIpc) is 3.51. The predicted octanol–water partition coefficient (Wildman–Crippen LogP) is 5.72. The monoisotopic (exact) mass is 557 g/mol. The Bertz CT molecular complexity index is 1670. The summed E-state index contributed by atoms with van der Waals surface area (Å²) in [6.07, 6.45) is 6.51. The fraction of sp³-hybridized carbons (Fsp3) is 0.281. The van der Waals surface area contributed by atoms with Gasteiger partial charge in [0.25, 0.3) is 0 Å². The van der Waals surface area contributed by atoms with Crippen molar-refractivity contribution in [2.75, 3.05) is 19.7 Å². The molecule has 1 unspecified atom stereocenters. The molecule has 2 atom stereocenters. The van der Waals surface area contributed by atoms with Crippen LogP contribution >= 0.6 is 0 Å². The molecule has 0 aliphatic heterocycles. The largest absolute Gasteiger partial charge is 0.395 e. The number of aromatic nitrogens is 2. The van der Waals surface area contributed by atoms with Gasteiger partial charge < -0.3 is 5.11 Å². The van der Waals surface area contributed by atoms with Crippen molar-refractivity contribution in [1.82, 2.24) is 14.1 Å². The van der Waals surface area contributed by atoms with E-state index in [-0.39, 0.29) is 35.2 Å². The van der Waals surface area contributed by atoms with Gasteiger partial charge in [-0.25, -0.2) is 17.5 Å². The summed E-state index contributed by atoms with van der Waals surface area (Å²) in [4.78, 5) is 0.250. The topological polar surface area (TPSA) is 75.4 Å². The summed E-state index contributed by atoms with van der Waals surface area (Å²) in [5, 5.41) is 14.5. The third-order valence-electron chi connectivity index (χ3n) is 8.59. The average molecular weight is 558 g/mol. The van der Waals surface area contributed by atoms with Crippen molar-refractivity contribution in [2.24, 2.45) is 11.3 Å². The first-order valence-electron chi connectivity index (χ1n) is 13.6. The van der Waals surface area contributed by atoms with Crippen molar-refractivity contribution in [2.45, 2.75) is 31.1 Å². The first-order valence-corrected chi connectivity index (χ1v) is 15.0. The van der Waals surface area contributed by atoms with Gasteiger partial charge in [-0.1, -0.05) is 61.0 Å². The molecule has 6 rings (SSSR count). The summed E-state index contributed by atoms with van der Waals surface area (Å²) < 4.78 is 45.0. The maximum Gasteiger partial charge on any atom is 0.243 e. The maximum atomic E-state index is 14.1. The Hall–Kier alpha value is -3.59. The van der Waals surface area contributed by atoms with E-state index in [0.717, 1.165) is 41.8 Å². The van der Waals surface area contributed by atoms with Gasteiger partial charge in [-0.3, -0.25) is 0 Å². The zero-order valence-corrected chi connectivity index (χ0v) is 23.2. The Morgan fingerprint density at radius 3 is 2.52 bits per heavy atom. The summed E-state index contributed by atoms with van der Waals surface area (Å²) in [5.41, 5.74) is 5.42. The molecule has 2 aliphatic carbocycles. The normalized spacial score (nSPS) is 20.3. The summed E-state index contributed by atoms with van der Waals surface area (Å²) >= 11 is 0. The van der Waals surface area contributed by atoms with E-state index in [0.29, 0.717) is 12.1 Å². The van der Waals surface area contributed by atoms with Crippen molar-refractivity contribution >= 4 is 16.1 Å². The van der Waals surface area contributed by atoms with E-state index in [9.17, 15) is 17.9 Å². The Labute approximate surface area is 234 Å². The van der Waals surface area contributed by atoms with Crippen LogP contribution in [0.1, 0.15) is 31.0 Å². The van der Waals surface area contributed by atoms with Crippen LogP contribution in [-0.2, 0) is 16.4 Å². The van der Waals surface area contributed by atoms with Gasteiger partial charge in [-0.15, -0.1) is 0 Å². The van der Waals surface area contributed by atoms with E-state index in [1.807, 2.05) is 53.3 Å². The molecular weight excluding hydrogens is 525 g/mol. The number of rotatable bonds is 8. The van der Waals surface area contributed by atoms with E-state index in [2.05, 4.69) is 18.1 Å². The van der Waals surface area contributed by atoms with Crippen LogP contribution in [0.15, 0.2) is 95.5 Å². The second-order valence-electron chi connectivity index (χ2n) is 10.9. The quantitative estimate of drug-likeness (QED) is 0.301. The lowest BCUT2D eigenvalue weighted by Gasteiger charge is -2.38. The SMILES string of the molecule is C[C@]12Cc3cnn(-c4ccc(F)cc4)c3C=C1CCC2CN(CCO)S(=O)(=O)c1ccccc1-c1ccccc1. The number of nitrogens with zero attached hydrogens (tertiary/aromatic N) is 3. The van der Waals surface area contributed by atoms with Gasteiger partial charge in [0.2, 0.25) is 10.0 Å². The minimum atomic E-state index is -3.88. The molecule has 1 N–H and O–H groups in total. The summed E-state index contributed by atoms with van der Waals surface area (Å²) in [5.74, 6) is -0.214. The number of aliphatic hydroxyl groups is 1. The number of hydrogen-bond acceptors (Lipinski definition) is 4. The number of aliphatic hydroxyl groups excluding tert-OH is 1. The molecule has 0 saturated heterocycles. The van der Waals surface area contributed by atoms with Crippen molar-refractivity contribution in [3.05, 3.63) is 108 Å². The summed E-state index contributed by atoms with van der Waals surface area (Å²) in [6, 6.07) is 22.9. The molecule has 40 heavy (non-hydrogen) atoms. The minimum absolute atomic E-state index is 0.0326. The highest BCUT2D eigenvalue weighted by Gasteiger charge is 2.47. The molecule has 6 nitrogen and oxygen atoms in total. The Kier molecular flexibility index (Phi) is 6.94. The molecule has 2 aliphatic rings. The fourth-order valence-corrected chi connectivity index (χ4v) is 8.06. The number of benzene rings is 3. The zero-order chi connectivity index (χ0) is 27.9. The van der Waals surface area contributed by atoms with Crippen LogP contribution in [0.2, 0.25) is 0 Å². The van der Waals surface area contributed by atoms with Gasteiger partial charge in [0.1, 0.15) is 5.82 Å². The molecule has 0 spiro atoms. The highest BCUT2D eigenvalue weighted by Crippen LogP contribution is 2.53. The second-order valence-corrected chi connectivity index (χ2v) is 12.8. The van der Waals surface area contributed by atoms with E-state index in [4.69, 9.17) is 0 Å². The van der Waals surface area contributed by atoms with Crippen LogP contribution < -0.4 is 0 Å². The lowest BCUT2D eigenvalue weighted by molar-refractivity contribution is 0.194. The van der Waals surface area contributed by atoms with Crippen LogP contribution in [-0.4, -0.2) is 47.3 Å². The first-order chi connectivity index (χ1) is 19.3. The van der Waals surface area contributed by atoms with Gasteiger partial charge in [-0.2, -0.15) is 9.40 Å². The van der Waals surface area contributed by atoms with Crippen molar-refractivity contribution < 1.29 is 17.9 Å². The van der Waals surface area contributed by atoms with Gasteiger partial charge in [0.15, 0.2) is 0 Å². The third-order valence-corrected chi connectivity index (χ3v) is 10.5. The van der Waals surface area contributed by atoms with Gasteiger partial charge >= 0.3 is 0 Å². The van der Waals surface area contributed by atoms with E-state index >= 15 is 0 Å². The molecule has 4 aromatic rings. The van der Waals surface area contributed by atoms with Gasteiger partial charge in [0.05, 0.1) is 29.1 Å². The van der Waals surface area contributed by atoms with Crippen molar-refractivity contribution in [3.8, 4) is 16.8 Å². The molecule has 206 valence electrons. The van der Waals surface area contributed by atoms with E-state index < -0.39 is 10.0 Å².